The normalized spacial score (nSPS) is 9.88. The monoisotopic (exact) mass is 326 g/mol. The quantitative estimate of drug-likeness (QED) is 0.798. The molecule has 0 radical (unpaired) electrons. The SMILES string of the molecule is CC(=O)c1ccc(OCC(=O)NC(=O)NCc2ccccc2)cc1. The van der Waals surface area contributed by atoms with E-state index in [4.69, 9.17) is 4.74 Å². The Balaban J connectivity index is 1.72. The largest absolute Gasteiger partial charge is 0.484 e. The van der Waals surface area contributed by atoms with Crippen LogP contribution in [-0.4, -0.2) is 24.3 Å². The standard InChI is InChI=1S/C18H18N2O4/c1-13(21)15-7-9-16(10-8-15)24-12-17(22)20-18(23)19-11-14-5-3-2-4-6-14/h2-10H,11-12H2,1H3,(H2,19,20,22,23). The van der Waals surface area contributed by atoms with E-state index in [-0.39, 0.29) is 12.4 Å². The molecule has 2 N–H and O–H groups in total. The number of imide groups is 1. The van der Waals surface area contributed by atoms with Crippen LogP contribution in [0.3, 0.4) is 0 Å². The number of ether oxygens (including phenoxy) is 1. The van der Waals surface area contributed by atoms with Crippen molar-refractivity contribution in [3.05, 3.63) is 65.7 Å². The van der Waals surface area contributed by atoms with Gasteiger partial charge in [-0.05, 0) is 36.8 Å². The molecule has 0 spiro atoms. The molecule has 0 aromatic heterocycles. The maximum atomic E-state index is 11.7. The average Bonchev–Trinajstić information content (AvgIpc) is 2.59. The number of rotatable bonds is 6. The topological polar surface area (TPSA) is 84.5 Å². The number of amides is 3. The van der Waals surface area contributed by atoms with Crippen molar-refractivity contribution in [2.75, 3.05) is 6.61 Å². The third-order valence-electron chi connectivity index (χ3n) is 3.18. The lowest BCUT2D eigenvalue weighted by atomic mass is 10.1. The zero-order valence-corrected chi connectivity index (χ0v) is 13.2. The van der Waals surface area contributed by atoms with Crippen LogP contribution >= 0.6 is 0 Å². The predicted molar refractivity (Wildman–Crippen MR) is 88.8 cm³/mol. The van der Waals surface area contributed by atoms with E-state index >= 15 is 0 Å². The van der Waals surface area contributed by atoms with Gasteiger partial charge in [-0.2, -0.15) is 0 Å². The second-order valence-corrected chi connectivity index (χ2v) is 5.09. The molecule has 3 amide bonds. The Labute approximate surface area is 139 Å². The Hall–Kier alpha value is -3.15. The summed E-state index contributed by atoms with van der Waals surface area (Å²) in [6.45, 7) is 1.50. The van der Waals surface area contributed by atoms with Gasteiger partial charge in [0.05, 0.1) is 0 Å². The van der Waals surface area contributed by atoms with Crippen molar-refractivity contribution in [2.24, 2.45) is 0 Å². The molecule has 0 heterocycles. The van der Waals surface area contributed by atoms with Crippen molar-refractivity contribution in [3.8, 4) is 5.75 Å². The minimum absolute atomic E-state index is 0.0469. The molecule has 2 aromatic carbocycles. The van der Waals surface area contributed by atoms with Crippen LogP contribution in [0, 0.1) is 0 Å². The number of urea groups is 1. The lowest BCUT2D eigenvalue weighted by Crippen LogP contribution is -2.41. The highest BCUT2D eigenvalue weighted by Gasteiger charge is 2.08. The molecule has 6 nitrogen and oxygen atoms in total. The van der Waals surface area contributed by atoms with Crippen LogP contribution in [0.5, 0.6) is 5.75 Å². The summed E-state index contributed by atoms with van der Waals surface area (Å²) in [5.74, 6) is -0.162. The van der Waals surface area contributed by atoms with Crippen molar-refractivity contribution < 1.29 is 19.1 Å². The lowest BCUT2D eigenvalue weighted by Gasteiger charge is -2.08. The summed E-state index contributed by atoms with van der Waals surface area (Å²) in [4.78, 5) is 34.4. The molecule has 0 atom stereocenters. The van der Waals surface area contributed by atoms with Crippen LogP contribution in [0.25, 0.3) is 0 Å². The van der Waals surface area contributed by atoms with E-state index in [0.29, 0.717) is 17.9 Å². The van der Waals surface area contributed by atoms with Crippen molar-refractivity contribution in [1.82, 2.24) is 10.6 Å². The maximum absolute atomic E-state index is 11.7. The molecule has 0 bridgehead atoms. The van der Waals surface area contributed by atoms with Gasteiger partial charge in [-0.15, -0.1) is 0 Å². The predicted octanol–water partition coefficient (Wildman–Crippen LogP) is 2.29. The Bertz CT molecular complexity index is 712. The number of ketones is 1. The molecule has 0 unspecified atom stereocenters. The van der Waals surface area contributed by atoms with Gasteiger partial charge in [0, 0.05) is 12.1 Å². The Morgan fingerprint density at radius 2 is 1.62 bits per heavy atom. The van der Waals surface area contributed by atoms with Gasteiger partial charge in [0.15, 0.2) is 12.4 Å². The molecule has 0 aliphatic rings. The molecule has 2 aromatic rings. The highest BCUT2D eigenvalue weighted by Crippen LogP contribution is 2.12. The molecule has 6 heteroatoms. The first-order chi connectivity index (χ1) is 11.5. The molecule has 0 saturated heterocycles. The minimum Gasteiger partial charge on any atom is -0.484 e. The summed E-state index contributed by atoms with van der Waals surface area (Å²) in [5.41, 5.74) is 1.49. The zero-order valence-electron chi connectivity index (χ0n) is 13.2. The summed E-state index contributed by atoms with van der Waals surface area (Å²) >= 11 is 0. The lowest BCUT2D eigenvalue weighted by molar-refractivity contribution is -0.122. The van der Waals surface area contributed by atoms with Gasteiger partial charge in [0.25, 0.3) is 5.91 Å². The third-order valence-corrected chi connectivity index (χ3v) is 3.18. The summed E-state index contributed by atoms with van der Waals surface area (Å²) in [6, 6.07) is 15.2. The smallest absolute Gasteiger partial charge is 0.321 e. The van der Waals surface area contributed by atoms with Gasteiger partial charge in [-0.3, -0.25) is 14.9 Å². The summed E-state index contributed by atoms with van der Waals surface area (Å²) in [5, 5.41) is 4.77. The number of benzene rings is 2. The van der Waals surface area contributed by atoms with Gasteiger partial charge in [0.2, 0.25) is 0 Å². The fourth-order valence-electron chi connectivity index (χ4n) is 1.92. The number of carbonyl (C=O) groups is 3. The van der Waals surface area contributed by atoms with Crippen LogP contribution in [-0.2, 0) is 11.3 Å². The molecule has 24 heavy (non-hydrogen) atoms. The summed E-state index contributed by atoms with van der Waals surface area (Å²) < 4.78 is 5.26. The molecule has 0 fully saturated rings. The van der Waals surface area contributed by atoms with Gasteiger partial charge in [-0.1, -0.05) is 30.3 Å². The second kappa shape index (κ2) is 8.47. The molecule has 0 aliphatic carbocycles. The van der Waals surface area contributed by atoms with Crippen molar-refractivity contribution in [1.29, 1.82) is 0 Å². The van der Waals surface area contributed by atoms with Gasteiger partial charge in [0.1, 0.15) is 5.75 Å². The first kappa shape index (κ1) is 17.2. The van der Waals surface area contributed by atoms with E-state index in [1.165, 1.54) is 6.92 Å². The fourth-order valence-corrected chi connectivity index (χ4v) is 1.92. The van der Waals surface area contributed by atoms with Crippen LogP contribution in [0.4, 0.5) is 4.79 Å². The van der Waals surface area contributed by atoms with E-state index in [9.17, 15) is 14.4 Å². The van der Waals surface area contributed by atoms with Crippen molar-refractivity contribution >= 4 is 17.7 Å². The number of nitrogens with one attached hydrogen (secondary N) is 2. The van der Waals surface area contributed by atoms with Crippen molar-refractivity contribution in [3.63, 3.8) is 0 Å². The van der Waals surface area contributed by atoms with E-state index < -0.39 is 11.9 Å². The van der Waals surface area contributed by atoms with E-state index in [0.717, 1.165) is 5.56 Å². The summed E-state index contributed by atoms with van der Waals surface area (Å²) in [7, 11) is 0. The van der Waals surface area contributed by atoms with E-state index in [2.05, 4.69) is 10.6 Å². The van der Waals surface area contributed by atoms with E-state index in [1.807, 2.05) is 30.3 Å². The highest BCUT2D eigenvalue weighted by molar-refractivity contribution is 5.95. The van der Waals surface area contributed by atoms with Crippen LogP contribution in [0.15, 0.2) is 54.6 Å². The minimum atomic E-state index is -0.584. The molecular weight excluding hydrogens is 308 g/mol. The summed E-state index contributed by atoms with van der Waals surface area (Å²) in [6.07, 6.45) is 0. The van der Waals surface area contributed by atoms with Gasteiger partial charge < -0.3 is 10.1 Å². The Kier molecular flexibility index (Phi) is 6.08. The van der Waals surface area contributed by atoms with Crippen LogP contribution < -0.4 is 15.4 Å². The van der Waals surface area contributed by atoms with Crippen LogP contribution in [0.1, 0.15) is 22.8 Å². The first-order valence-corrected chi connectivity index (χ1v) is 7.40. The first-order valence-electron chi connectivity index (χ1n) is 7.40. The van der Waals surface area contributed by atoms with Crippen LogP contribution in [0.2, 0.25) is 0 Å². The van der Waals surface area contributed by atoms with Gasteiger partial charge >= 0.3 is 6.03 Å². The number of hydrogen-bond donors (Lipinski definition) is 2. The number of Topliss-reactive ketones (excluding diaryl/α,β-unsaturated/α-hetero) is 1. The van der Waals surface area contributed by atoms with E-state index in [1.54, 1.807) is 24.3 Å². The Morgan fingerprint density at radius 1 is 0.958 bits per heavy atom. The Morgan fingerprint density at radius 3 is 2.25 bits per heavy atom. The highest BCUT2D eigenvalue weighted by atomic mass is 16.5. The average molecular weight is 326 g/mol. The number of carbonyl (C=O) groups excluding carboxylic acids is 3. The molecule has 124 valence electrons. The van der Waals surface area contributed by atoms with Crippen molar-refractivity contribution in [2.45, 2.75) is 13.5 Å². The van der Waals surface area contributed by atoms with Gasteiger partial charge in [-0.25, -0.2) is 4.79 Å². The third kappa shape index (κ3) is 5.57. The molecule has 0 saturated carbocycles. The molecule has 0 aliphatic heterocycles. The number of hydrogen-bond acceptors (Lipinski definition) is 4. The molecule has 2 rings (SSSR count). The zero-order chi connectivity index (χ0) is 17.4. The maximum Gasteiger partial charge on any atom is 0.321 e. The fraction of sp³-hybridized carbons (Fsp3) is 0.167. The molecular formula is C18H18N2O4. The second-order valence-electron chi connectivity index (χ2n) is 5.09.